The summed E-state index contributed by atoms with van der Waals surface area (Å²) in [7, 11) is 0. The van der Waals surface area contributed by atoms with Crippen molar-refractivity contribution in [1.29, 1.82) is 0 Å². The van der Waals surface area contributed by atoms with E-state index in [9.17, 15) is 9.18 Å². The van der Waals surface area contributed by atoms with E-state index in [4.69, 9.17) is 0 Å². The number of carbonyl (C=O) groups is 1. The third-order valence-corrected chi connectivity index (χ3v) is 4.37. The molecule has 0 atom stereocenters. The molecule has 2 aromatic rings. The van der Waals surface area contributed by atoms with E-state index in [2.05, 4.69) is 35.8 Å². The highest BCUT2D eigenvalue weighted by molar-refractivity contribution is 9.10. The van der Waals surface area contributed by atoms with E-state index in [0.717, 1.165) is 18.7 Å². The summed E-state index contributed by atoms with van der Waals surface area (Å²) in [5, 5.41) is 6.33. The van der Waals surface area contributed by atoms with Crippen LogP contribution in [0.4, 0.5) is 15.0 Å². The highest BCUT2D eigenvalue weighted by Crippen LogP contribution is 2.18. The number of piperazine rings is 1. The average Bonchev–Trinajstić information content (AvgIpc) is 3.04. The van der Waals surface area contributed by atoms with Gasteiger partial charge in [-0.25, -0.2) is 9.18 Å². The summed E-state index contributed by atoms with van der Waals surface area (Å²) < 4.78 is 18.7. The fourth-order valence-corrected chi connectivity index (χ4v) is 2.72. The zero-order chi connectivity index (χ0) is 16.2. The lowest BCUT2D eigenvalue weighted by atomic mass is 10.2. The number of hydrogen-bond donors (Lipinski definition) is 1. The highest BCUT2D eigenvalue weighted by atomic mass is 79.9. The smallest absolute Gasteiger partial charge is 0.323 e. The summed E-state index contributed by atoms with van der Waals surface area (Å²) in [6, 6.07) is 6.56. The fraction of sp³-hybridized carbons (Fsp3) is 0.333. The lowest BCUT2D eigenvalue weighted by molar-refractivity contribution is 0.143. The molecule has 6 nitrogen and oxygen atoms in total. The van der Waals surface area contributed by atoms with Crippen molar-refractivity contribution in [1.82, 2.24) is 15.0 Å². The molecule has 122 valence electrons. The van der Waals surface area contributed by atoms with Crippen LogP contribution in [0.5, 0.6) is 0 Å². The molecule has 2 heterocycles. The molecule has 8 heteroatoms. The van der Waals surface area contributed by atoms with Crippen LogP contribution in [-0.4, -0.2) is 47.2 Å². The van der Waals surface area contributed by atoms with Gasteiger partial charge in [-0.2, -0.15) is 0 Å². The largest absolute Gasteiger partial charge is 0.363 e. The van der Waals surface area contributed by atoms with Crippen molar-refractivity contribution in [2.24, 2.45) is 0 Å². The molecule has 0 radical (unpaired) electrons. The number of nitrogens with zero attached hydrogens (tertiary/aromatic N) is 3. The molecule has 2 amide bonds. The van der Waals surface area contributed by atoms with Gasteiger partial charge in [-0.1, -0.05) is 11.2 Å². The first-order valence-electron chi connectivity index (χ1n) is 7.24. The Morgan fingerprint density at radius 3 is 2.74 bits per heavy atom. The number of anilines is 1. The first-order valence-corrected chi connectivity index (χ1v) is 8.04. The molecule has 1 aromatic carbocycles. The summed E-state index contributed by atoms with van der Waals surface area (Å²) in [6.45, 7) is 3.38. The Kier molecular flexibility index (Phi) is 4.92. The fourth-order valence-electron chi connectivity index (χ4n) is 2.47. The van der Waals surface area contributed by atoms with Gasteiger partial charge in [0.1, 0.15) is 12.1 Å². The van der Waals surface area contributed by atoms with Gasteiger partial charge in [-0.05, 0) is 33.6 Å². The van der Waals surface area contributed by atoms with Crippen molar-refractivity contribution < 1.29 is 13.7 Å². The van der Waals surface area contributed by atoms with Crippen LogP contribution in [0, 0.1) is 5.82 Å². The molecule has 1 N–H and O–H groups in total. The Morgan fingerprint density at radius 2 is 2.09 bits per heavy atom. The van der Waals surface area contributed by atoms with Crippen LogP contribution in [0.25, 0.3) is 0 Å². The van der Waals surface area contributed by atoms with E-state index in [0.29, 0.717) is 29.9 Å². The Bertz CT molecular complexity index is 672. The molecular formula is C15H16BrFN4O2. The molecule has 1 aliphatic rings. The van der Waals surface area contributed by atoms with E-state index in [1.165, 1.54) is 12.3 Å². The monoisotopic (exact) mass is 382 g/mol. The van der Waals surface area contributed by atoms with Crippen molar-refractivity contribution in [3.8, 4) is 0 Å². The zero-order valence-electron chi connectivity index (χ0n) is 12.3. The number of halogens is 2. The first kappa shape index (κ1) is 15.9. The molecule has 23 heavy (non-hydrogen) atoms. The third kappa shape index (κ3) is 4.08. The highest BCUT2D eigenvalue weighted by Gasteiger charge is 2.21. The van der Waals surface area contributed by atoms with Gasteiger partial charge >= 0.3 is 6.03 Å². The van der Waals surface area contributed by atoms with Gasteiger partial charge in [0.15, 0.2) is 5.82 Å². The minimum atomic E-state index is -0.256. The minimum Gasteiger partial charge on any atom is -0.363 e. The quantitative estimate of drug-likeness (QED) is 0.886. The summed E-state index contributed by atoms with van der Waals surface area (Å²) in [5.74, 6) is 0.149. The standard InChI is InChI=1S/C15H16BrFN4O2/c16-12-2-1-11(9-13(12)17)10-20-4-6-21(7-5-20)15(22)18-14-3-8-23-19-14/h1-3,8-9H,4-7,10H2,(H,18,19,22). The second kappa shape index (κ2) is 7.10. The predicted molar refractivity (Wildman–Crippen MR) is 86.5 cm³/mol. The SMILES string of the molecule is O=C(Nc1ccon1)N1CCN(Cc2ccc(Br)c(F)c2)CC1. The number of urea groups is 1. The van der Waals surface area contributed by atoms with Crippen LogP contribution in [0.3, 0.4) is 0 Å². The molecule has 1 aliphatic heterocycles. The Labute approximate surface area is 141 Å². The third-order valence-electron chi connectivity index (χ3n) is 3.72. The van der Waals surface area contributed by atoms with Crippen LogP contribution >= 0.6 is 15.9 Å². The number of carbonyl (C=O) groups excluding carboxylic acids is 1. The van der Waals surface area contributed by atoms with Crippen LogP contribution in [0.1, 0.15) is 5.56 Å². The van der Waals surface area contributed by atoms with Crippen LogP contribution in [0.15, 0.2) is 39.5 Å². The number of aromatic nitrogens is 1. The lowest BCUT2D eigenvalue weighted by Crippen LogP contribution is -2.49. The summed E-state index contributed by atoms with van der Waals surface area (Å²) >= 11 is 3.15. The van der Waals surface area contributed by atoms with E-state index in [1.54, 1.807) is 17.0 Å². The number of nitrogens with one attached hydrogen (secondary N) is 1. The maximum absolute atomic E-state index is 13.5. The topological polar surface area (TPSA) is 61.6 Å². The summed E-state index contributed by atoms with van der Waals surface area (Å²) in [4.78, 5) is 16.0. The van der Waals surface area contributed by atoms with Gasteiger partial charge in [-0.3, -0.25) is 10.2 Å². The second-order valence-corrected chi connectivity index (χ2v) is 6.18. The molecule has 1 aromatic heterocycles. The van der Waals surface area contributed by atoms with E-state index in [-0.39, 0.29) is 11.8 Å². The molecule has 0 bridgehead atoms. The van der Waals surface area contributed by atoms with Gasteiger partial charge in [0.2, 0.25) is 0 Å². The number of amides is 2. The Balaban J connectivity index is 1.50. The maximum Gasteiger partial charge on any atom is 0.323 e. The van der Waals surface area contributed by atoms with E-state index in [1.807, 2.05) is 6.07 Å². The zero-order valence-corrected chi connectivity index (χ0v) is 13.9. The van der Waals surface area contributed by atoms with Gasteiger partial charge < -0.3 is 9.42 Å². The van der Waals surface area contributed by atoms with Gasteiger partial charge in [0, 0.05) is 38.8 Å². The molecule has 0 spiro atoms. The number of hydrogen-bond acceptors (Lipinski definition) is 4. The maximum atomic E-state index is 13.5. The molecule has 1 saturated heterocycles. The summed E-state index contributed by atoms with van der Waals surface area (Å²) in [5.41, 5.74) is 0.922. The lowest BCUT2D eigenvalue weighted by Gasteiger charge is -2.34. The van der Waals surface area contributed by atoms with Gasteiger partial charge in [0.25, 0.3) is 0 Å². The van der Waals surface area contributed by atoms with Crippen LogP contribution in [-0.2, 0) is 6.54 Å². The molecule has 3 rings (SSSR count). The van der Waals surface area contributed by atoms with Gasteiger partial charge in [-0.15, -0.1) is 0 Å². The normalized spacial score (nSPS) is 15.7. The van der Waals surface area contributed by atoms with E-state index >= 15 is 0 Å². The average molecular weight is 383 g/mol. The summed E-state index contributed by atoms with van der Waals surface area (Å²) in [6.07, 6.45) is 1.41. The molecule has 1 fully saturated rings. The first-order chi connectivity index (χ1) is 11.1. The van der Waals surface area contributed by atoms with Crippen LogP contribution in [0.2, 0.25) is 0 Å². The number of rotatable bonds is 3. The van der Waals surface area contributed by atoms with Crippen molar-refractivity contribution in [3.63, 3.8) is 0 Å². The molecular weight excluding hydrogens is 367 g/mol. The van der Waals surface area contributed by atoms with Crippen molar-refractivity contribution >= 4 is 27.8 Å². The van der Waals surface area contributed by atoms with Gasteiger partial charge in [0.05, 0.1) is 4.47 Å². The number of benzene rings is 1. The molecule has 0 aliphatic carbocycles. The minimum absolute atomic E-state index is 0.187. The molecule has 0 saturated carbocycles. The van der Waals surface area contributed by atoms with Crippen molar-refractivity contribution in [3.05, 3.63) is 46.4 Å². The molecule has 0 unspecified atom stereocenters. The second-order valence-electron chi connectivity index (χ2n) is 5.33. The van der Waals surface area contributed by atoms with E-state index < -0.39 is 0 Å². The van der Waals surface area contributed by atoms with Crippen molar-refractivity contribution in [2.45, 2.75) is 6.54 Å². The Hall–Kier alpha value is -1.93. The Morgan fingerprint density at radius 1 is 1.30 bits per heavy atom. The predicted octanol–water partition coefficient (Wildman–Crippen LogP) is 2.93. The van der Waals surface area contributed by atoms with Crippen LogP contribution < -0.4 is 5.32 Å². The van der Waals surface area contributed by atoms with Crippen molar-refractivity contribution in [2.75, 3.05) is 31.5 Å².